The maximum Gasteiger partial charge on any atom is 0.245 e. The molecule has 1 saturated heterocycles. The number of nitrogens with zero attached hydrogens (tertiary/aromatic N) is 2. The Kier molecular flexibility index (Phi) is 11.2. The summed E-state index contributed by atoms with van der Waals surface area (Å²) in [6.07, 6.45) is 2.12. The van der Waals surface area contributed by atoms with Crippen LogP contribution in [0.4, 0.5) is 0 Å². The zero-order valence-electron chi connectivity index (χ0n) is 27.5. The van der Waals surface area contributed by atoms with Gasteiger partial charge in [-0.25, -0.2) is 0 Å². The van der Waals surface area contributed by atoms with Crippen LogP contribution in [0.3, 0.4) is 0 Å². The van der Waals surface area contributed by atoms with Gasteiger partial charge in [-0.05, 0) is 55.9 Å². The third-order valence-electron chi connectivity index (χ3n) is 8.37. The molecular formula is C35H45N5O6. The van der Waals surface area contributed by atoms with E-state index in [1.54, 1.807) is 13.2 Å². The van der Waals surface area contributed by atoms with Crippen molar-refractivity contribution in [2.24, 2.45) is 5.92 Å². The van der Waals surface area contributed by atoms with E-state index in [9.17, 15) is 24.0 Å². The molecule has 0 aliphatic carbocycles. The Hall–Kier alpha value is -4.67. The van der Waals surface area contributed by atoms with E-state index in [0.29, 0.717) is 17.6 Å². The molecule has 0 saturated carbocycles. The molecule has 46 heavy (non-hydrogen) atoms. The van der Waals surface area contributed by atoms with Crippen molar-refractivity contribution in [2.75, 3.05) is 26.7 Å². The van der Waals surface area contributed by atoms with Gasteiger partial charge >= 0.3 is 0 Å². The second-order valence-corrected chi connectivity index (χ2v) is 12.6. The molecule has 1 aromatic heterocycles. The summed E-state index contributed by atoms with van der Waals surface area (Å²) in [5.74, 6) is -2.14. The van der Waals surface area contributed by atoms with Crippen LogP contribution < -0.4 is 16.0 Å². The predicted molar refractivity (Wildman–Crippen MR) is 175 cm³/mol. The number of nitrogens with one attached hydrogen (secondary N) is 3. The van der Waals surface area contributed by atoms with Crippen LogP contribution in [-0.2, 0) is 36.8 Å². The number of fused-ring (bicyclic) bond motifs is 1. The molecule has 2 heterocycles. The Balaban J connectivity index is 1.63. The Bertz CT molecular complexity index is 1580. The van der Waals surface area contributed by atoms with Crippen LogP contribution in [0.5, 0.6) is 0 Å². The third kappa shape index (κ3) is 8.52. The first-order chi connectivity index (χ1) is 21.8. The average molecular weight is 632 g/mol. The number of carbonyl (C=O) groups excluding carboxylic acids is 5. The fraction of sp³-hybridized carbons (Fsp3) is 0.457. The van der Waals surface area contributed by atoms with Crippen LogP contribution in [-0.4, -0.2) is 84.1 Å². The number of likely N-dealkylation sites (N-methyl/N-ethyl adjacent to an activating group) is 1. The molecule has 1 fully saturated rings. The molecule has 246 valence electrons. The van der Waals surface area contributed by atoms with Crippen LogP contribution >= 0.6 is 0 Å². The SMILES string of the molecule is Cc1cc(C)c2c(CC(=O)N3CCNC(=O)[C@H](Cc4ccccc4)NC(=O)[C@H](C)N(C)C(=O)[C@H](CC(C)C)NC(=O)C3)coc2c1. The molecule has 0 unspecified atom stereocenters. The Labute approximate surface area is 270 Å². The highest BCUT2D eigenvalue weighted by atomic mass is 16.3. The lowest BCUT2D eigenvalue weighted by Gasteiger charge is -2.30. The van der Waals surface area contributed by atoms with Gasteiger partial charge in [0.05, 0.1) is 19.2 Å². The van der Waals surface area contributed by atoms with Crippen molar-refractivity contribution in [3.8, 4) is 0 Å². The number of rotatable bonds is 6. The van der Waals surface area contributed by atoms with Crippen LogP contribution in [0.1, 0.15) is 49.4 Å². The summed E-state index contributed by atoms with van der Waals surface area (Å²) in [5.41, 5.74) is 4.25. The van der Waals surface area contributed by atoms with E-state index in [-0.39, 0.29) is 44.3 Å². The molecule has 3 atom stereocenters. The number of carbonyl (C=O) groups is 5. The van der Waals surface area contributed by atoms with Gasteiger partial charge in [-0.3, -0.25) is 24.0 Å². The minimum atomic E-state index is -0.926. The lowest BCUT2D eigenvalue weighted by atomic mass is 10.0. The second kappa shape index (κ2) is 15.1. The van der Waals surface area contributed by atoms with Crippen molar-refractivity contribution in [3.63, 3.8) is 0 Å². The number of benzene rings is 2. The topological polar surface area (TPSA) is 141 Å². The van der Waals surface area contributed by atoms with E-state index in [4.69, 9.17) is 4.42 Å². The minimum Gasteiger partial charge on any atom is -0.464 e. The molecular weight excluding hydrogens is 586 g/mol. The molecule has 1 aliphatic heterocycles. The highest BCUT2D eigenvalue weighted by molar-refractivity contribution is 5.95. The number of hydrogen-bond donors (Lipinski definition) is 3. The molecule has 0 radical (unpaired) electrons. The van der Waals surface area contributed by atoms with Gasteiger partial charge in [-0.1, -0.05) is 50.2 Å². The van der Waals surface area contributed by atoms with Crippen molar-refractivity contribution in [2.45, 2.75) is 72.0 Å². The Morgan fingerprint density at radius 2 is 1.72 bits per heavy atom. The van der Waals surface area contributed by atoms with Crippen molar-refractivity contribution in [1.29, 1.82) is 0 Å². The zero-order valence-corrected chi connectivity index (χ0v) is 27.5. The van der Waals surface area contributed by atoms with Gasteiger partial charge in [-0.15, -0.1) is 0 Å². The zero-order chi connectivity index (χ0) is 33.5. The van der Waals surface area contributed by atoms with Gasteiger partial charge in [0.2, 0.25) is 29.5 Å². The van der Waals surface area contributed by atoms with Gasteiger partial charge in [0.25, 0.3) is 0 Å². The monoisotopic (exact) mass is 631 g/mol. The minimum absolute atomic E-state index is 0.0145. The first-order valence-electron chi connectivity index (χ1n) is 15.8. The molecule has 3 N–H and O–H groups in total. The standard InChI is InChI=1S/C35H45N5O6/c1-21(2)14-28-35(45)39(6)24(5)33(43)38-27(17-25-10-8-7-9-11-25)34(44)36-12-13-40(19-30(41)37-28)31(42)18-26-20-46-29-16-22(3)15-23(4)32(26)29/h7-11,15-16,20-21,24,27-28H,12-14,17-19H2,1-6H3,(H,36,44)(H,37,41)(H,38,43)/t24-,27-,28-/m0/s1. The first-order valence-corrected chi connectivity index (χ1v) is 15.8. The largest absolute Gasteiger partial charge is 0.464 e. The first kappa shape index (κ1) is 34.2. The van der Waals surface area contributed by atoms with Crippen molar-refractivity contribution in [3.05, 3.63) is 71.0 Å². The van der Waals surface area contributed by atoms with Crippen molar-refractivity contribution >= 4 is 40.5 Å². The number of hydrogen-bond acceptors (Lipinski definition) is 6. The smallest absolute Gasteiger partial charge is 0.245 e. The lowest BCUT2D eigenvalue weighted by molar-refractivity contribution is -0.142. The summed E-state index contributed by atoms with van der Waals surface area (Å²) in [7, 11) is 1.50. The Morgan fingerprint density at radius 1 is 1.00 bits per heavy atom. The van der Waals surface area contributed by atoms with Crippen LogP contribution in [0.2, 0.25) is 0 Å². The molecule has 4 rings (SSSR count). The molecule has 0 bridgehead atoms. The quantitative estimate of drug-likeness (QED) is 0.382. The van der Waals surface area contributed by atoms with Gasteiger partial charge < -0.3 is 30.2 Å². The lowest BCUT2D eigenvalue weighted by Crippen LogP contribution is -2.57. The van der Waals surface area contributed by atoms with Gasteiger partial charge in [0.1, 0.15) is 23.7 Å². The van der Waals surface area contributed by atoms with Crippen molar-refractivity contribution < 1.29 is 28.4 Å². The average Bonchev–Trinajstić information content (AvgIpc) is 3.40. The highest BCUT2D eigenvalue weighted by Crippen LogP contribution is 2.27. The second-order valence-electron chi connectivity index (χ2n) is 12.6. The summed E-state index contributed by atoms with van der Waals surface area (Å²) in [4.78, 5) is 70.2. The predicted octanol–water partition coefficient (Wildman–Crippen LogP) is 2.66. The van der Waals surface area contributed by atoms with E-state index < -0.39 is 41.8 Å². The van der Waals surface area contributed by atoms with E-state index in [2.05, 4.69) is 16.0 Å². The molecule has 3 aromatic rings. The van der Waals surface area contributed by atoms with Crippen molar-refractivity contribution in [1.82, 2.24) is 25.8 Å². The molecule has 5 amide bonds. The fourth-order valence-electron chi connectivity index (χ4n) is 5.83. The normalized spacial score (nSPS) is 20.6. The third-order valence-corrected chi connectivity index (χ3v) is 8.37. The summed E-state index contributed by atoms with van der Waals surface area (Å²) in [5, 5.41) is 9.32. The van der Waals surface area contributed by atoms with Crippen LogP contribution in [0.25, 0.3) is 11.0 Å². The number of amides is 5. The molecule has 2 aromatic carbocycles. The maximum absolute atomic E-state index is 13.7. The van der Waals surface area contributed by atoms with Gasteiger partial charge in [-0.2, -0.15) is 0 Å². The summed E-state index contributed by atoms with van der Waals surface area (Å²) in [6, 6.07) is 10.5. The van der Waals surface area contributed by atoms with E-state index in [1.807, 2.05) is 70.2 Å². The summed E-state index contributed by atoms with van der Waals surface area (Å²) < 4.78 is 5.75. The summed E-state index contributed by atoms with van der Waals surface area (Å²) in [6.45, 7) is 9.16. The Morgan fingerprint density at radius 3 is 2.41 bits per heavy atom. The van der Waals surface area contributed by atoms with Crippen LogP contribution in [0, 0.1) is 19.8 Å². The molecule has 0 spiro atoms. The molecule has 1 aliphatic rings. The van der Waals surface area contributed by atoms with Crippen LogP contribution in [0.15, 0.2) is 53.1 Å². The fourth-order valence-corrected chi connectivity index (χ4v) is 5.83. The van der Waals surface area contributed by atoms with E-state index in [1.165, 1.54) is 16.8 Å². The molecule has 11 heteroatoms. The maximum atomic E-state index is 13.7. The van der Waals surface area contributed by atoms with E-state index in [0.717, 1.165) is 22.1 Å². The number of furan rings is 1. The van der Waals surface area contributed by atoms with Gasteiger partial charge in [0.15, 0.2) is 0 Å². The van der Waals surface area contributed by atoms with E-state index >= 15 is 0 Å². The summed E-state index contributed by atoms with van der Waals surface area (Å²) >= 11 is 0. The van der Waals surface area contributed by atoms with Gasteiger partial charge in [0, 0.05) is 37.5 Å². The number of aryl methyl sites for hydroxylation is 2. The highest BCUT2D eigenvalue weighted by Gasteiger charge is 2.33. The molecule has 11 nitrogen and oxygen atoms in total.